The van der Waals surface area contributed by atoms with Gasteiger partial charge >= 0.3 is 0 Å². The maximum atomic E-state index is 12.8. The summed E-state index contributed by atoms with van der Waals surface area (Å²) in [6, 6.07) is 15.7. The van der Waals surface area contributed by atoms with Crippen molar-refractivity contribution in [2.45, 2.75) is 12.3 Å². The molecule has 2 amide bonds. The van der Waals surface area contributed by atoms with E-state index in [1.54, 1.807) is 36.4 Å². The Morgan fingerprint density at radius 2 is 1.78 bits per heavy atom. The van der Waals surface area contributed by atoms with Crippen LogP contribution in [0.5, 0.6) is 0 Å². The van der Waals surface area contributed by atoms with Crippen LogP contribution in [-0.4, -0.2) is 21.6 Å². The van der Waals surface area contributed by atoms with Crippen LogP contribution in [0.3, 0.4) is 0 Å². The number of para-hydroxylation sites is 1. The first-order chi connectivity index (χ1) is 13.0. The van der Waals surface area contributed by atoms with Crippen molar-refractivity contribution >= 4 is 34.9 Å². The monoisotopic (exact) mass is 382 g/mol. The van der Waals surface area contributed by atoms with Crippen LogP contribution >= 0.6 is 11.6 Å². The number of halogens is 1. The SMILES string of the molecule is O=C1CC(C(=O)Nc2ccc(Cl)cc2)c2c(n(-c3ccccc3)[nH]c2=O)N1. The molecule has 1 unspecified atom stereocenters. The Balaban J connectivity index is 1.72. The van der Waals surface area contributed by atoms with Crippen molar-refractivity contribution in [2.75, 3.05) is 10.6 Å². The zero-order chi connectivity index (χ0) is 19.0. The Bertz CT molecular complexity index is 1070. The largest absolute Gasteiger partial charge is 0.326 e. The molecule has 8 heteroatoms. The molecular formula is C19H15ClN4O3. The number of aromatic amines is 1. The minimum Gasteiger partial charge on any atom is -0.326 e. The highest BCUT2D eigenvalue weighted by Crippen LogP contribution is 2.32. The van der Waals surface area contributed by atoms with Gasteiger partial charge < -0.3 is 10.6 Å². The molecule has 27 heavy (non-hydrogen) atoms. The molecular weight excluding hydrogens is 368 g/mol. The number of rotatable bonds is 3. The molecule has 1 atom stereocenters. The van der Waals surface area contributed by atoms with Gasteiger partial charge in [0, 0.05) is 17.1 Å². The number of hydrogen-bond acceptors (Lipinski definition) is 3. The van der Waals surface area contributed by atoms with Crippen molar-refractivity contribution in [1.82, 2.24) is 9.78 Å². The second-order valence-corrected chi connectivity index (χ2v) is 6.61. The lowest BCUT2D eigenvalue weighted by molar-refractivity contribution is -0.123. The molecule has 1 aromatic heterocycles. The Kier molecular flexibility index (Phi) is 4.29. The zero-order valence-corrected chi connectivity index (χ0v) is 14.8. The lowest BCUT2D eigenvalue weighted by Gasteiger charge is -2.22. The molecule has 0 spiro atoms. The van der Waals surface area contributed by atoms with E-state index < -0.39 is 17.4 Å². The summed E-state index contributed by atoms with van der Waals surface area (Å²) in [7, 11) is 0. The summed E-state index contributed by atoms with van der Waals surface area (Å²) in [4.78, 5) is 37.5. The predicted octanol–water partition coefficient (Wildman–Crippen LogP) is 2.88. The summed E-state index contributed by atoms with van der Waals surface area (Å²) in [5, 5.41) is 8.68. The number of hydrogen-bond donors (Lipinski definition) is 3. The number of carbonyl (C=O) groups excluding carboxylic acids is 2. The number of fused-ring (bicyclic) bond motifs is 1. The Hall–Kier alpha value is -3.32. The van der Waals surface area contributed by atoms with Gasteiger partial charge in [-0.2, -0.15) is 0 Å². The number of anilines is 2. The van der Waals surface area contributed by atoms with E-state index in [0.29, 0.717) is 22.2 Å². The fraction of sp³-hybridized carbons (Fsp3) is 0.105. The van der Waals surface area contributed by atoms with Gasteiger partial charge in [0.1, 0.15) is 5.82 Å². The molecule has 3 aromatic rings. The standard InChI is InChI=1S/C19H15ClN4O3/c20-11-6-8-12(9-7-11)21-18(26)14-10-15(25)22-17-16(14)19(27)23-24(17)13-4-2-1-3-5-13/h1-9,14H,10H2,(H,21,26)(H,22,25)(H,23,27). The molecule has 3 N–H and O–H groups in total. The second kappa shape index (κ2) is 6.77. The molecule has 0 fully saturated rings. The summed E-state index contributed by atoms with van der Waals surface area (Å²) in [5.41, 5.74) is 1.04. The van der Waals surface area contributed by atoms with E-state index in [1.165, 1.54) is 4.68 Å². The van der Waals surface area contributed by atoms with Crippen LogP contribution in [0.15, 0.2) is 59.4 Å². The van der Waals surface area contributed by atoms with E-state index in [1.807, 2.05) is 18.2 Å². The van der Waals surface area contributed by atoms with Crippen LogP contribution in [0, 0.1) is 0 Å². The molecule has 2 aromatic carbocycles. The van der Waals surface area contributed by atoms with E-state index >= 15 is 0 Å². The number of benzene rings is 2. The van der Waals surface area contributed by atoms with Crippen molar-refractivity contribution in [1.29, 1.82) is 0 Å². The van der Waals surface area contributed by atoms with Crippen LogP contribution in [0.25, 0.3) is 5.69 Å². The highest BCUT2D eigenvalue weighted by molar-refractivity contribution is 6.30. The molecule has 0 saturated heterocycles. The molecule has 2 heterocycles. The second-order valence-electron chi connectivity index (χ2n) is 6.18. The first kappa shape index (κ1) is 17.1. The minimum atomic E-state index is -0.891. The normalized spacial score (nSPS) is 15.7. The Morgan fingerprint density at radius 1 is 1.07 bits per heavy atom. The first-order valence-electron chi connectivity index (χ1n) is 8.29. The molecule has 0 saturated carbocycles. The fourth-order valence-corrected chi connectivity index (χ4v) is 3.25. The van der Waals surface area contributed by atoms with E-state index in [-0.39, 0.29) is 17.9 Å². The molecule has 0 bridgehead atoms. The van der Waals surface area contributed by atoms with Gasteiger partial charge in [0.05, 0.1) is 17.2 Å². The number of nitrogens with zero attached hydrogens (tertiary/aromatic N) is 1. The van der Waals surface area contributed by atoms with E-state index in [0.717, 1.165) is 0 Å². The number of carbonyl (C=O) groups is 2. The molecule has 4 rings (SSSR count). The molecule has 1 aliphatic heterocycles. The average molecular weight is 383 g/mol. The van der Waals surface area contributed by atoms with Gasteiger partial charge in [0.25, 0.3) is 5.56 Å². The van der Waals surface area contributed by atoms with Crippen LogP contribution in [0.1, 0.15) is 17.9 Å². The lowest BCUT2D eigenvalue weighted by atomic mass is 9.93. The van der Waals surface area contributed by atoms with Crippen molar-refractivity contribution in [3.05, 3.63) is 75.5 Å². The highest BCUT2D eigenvalue weighted by Gasteiger charge is 2.36. The van der Waals surface area contributed by atoms with Crippen LogP contribution in [0.4, 0.5) is 11.5 Å². The van der Waals surface area contributed by atoms with Crippen molar-refractivity contribution in [3.8, 4) is 5.69 Å². The molecule has 0 radical (unpaired) electrons. The van der Waals surface area contributed by atoms with Gasteiger partial charge in [0.15, 0.2) is 0 Å². The summed E-state index contributed by atoms with van der Waals surface area (Å²) in [5.74, 6) is -1.36. The maximum absolute atomic E-state index is 12.8. The summed E-state index contributed by atoms with van der Waals surface area (Å²) in [6.07, 6.45) is -0.103. The van der Waals surface area contributed by atoms with E-state index in [2.05, 4.69) is 15.7 Å². The van der Waals surface area contributed by atoms with Crippen LogP contribution < -0.4 is 16.2 Å². The van der Waals surface area contributed by atoms with Crippen LogP contribution in [0.2, 0.25) is 5.02 Å². The third kappa shape index (κ3) is 3.24. The molecule has 1 aliphatic rings. The van der Waals surface area contributed by atoms with Gasteiger partial charge in [0.2, 0.25) is 11.8 Å². The topological polar surface area (TPSA) is 96.0 Å². The Labute approximate surface area is 158 Å². The van der Waals surface area contributed by atoms with E-state index in [9.17, 15) is 14.4 Å². The third-order valence-corrected chi connectivity index (χ3v) is 4.63. The molecule has 136 valence electrons. The number of aromatic nitrogens is 2. The number of amides is 2. The quantitative estimate of drug-likeness (QED) is 0.649. The molecule has 7 nitrogen and oxygen atoms in total. The highest BCUT2D eigenvalue weighted by atomic mass is 35.5. The fourth-order valence-electron chi connectivity index (χ4n) is 3.12. The Morgan fingerprint density at radius 3 is 2.48 bits per heavy atom. The summed E-state index contributed by atoms with van der Waals surface area (Å²) < 4.78 is 1.48. The van der Waals surface area contributed by atoms with Gasteiger partial charge in [-0.15, -0.1) is 0 Å². The van der Waals surface area contributed by atoms with Gasteiger partial charge in [-0.3, -0.25) is 19.5 Å². The van der Waals surface area contributed by atoms with Crippen molar-refractivity contribution in [3.63, 3.8) is 0 Å². The lowest BCUT2D eigenvalue weighted by Crippen LogP contribution is -2.33. The maximum Gasteiger partial charge on any atom is 0.270 e. The zero-order valence-electron chi connectivity index (χ0n) is 14.0. The van der Waals surface area contributed by atoms with Gasteiger partial charge in [-0.25, -0.2) is 4.68 Å². The van der Waals surface area contributed by atoms with Crippen molar-refractivity contribution in [2.24, 2.45) is 0 Å². The third-order valence-electron chi connectivity index (χ3n) is 4.38. The average Bonchev–Trinajstić information content (AvgIpc) is 3.00. The number of H-pyrrole nitrogens is 1. The predicted molar refractivity (Wildman–Crippen MR) is 102 cm³/mol. The van der Waals surface area contributed by atoms with Gasteiger partial charge in [-0.1, -0.05) is 29.8 Å². The van der Waals surface area contributed by atoms with Gasteiger partial charge in [-0.05, 0) is 36.4 Å². The summed E-state index contributed by atoms with van der Waals surface area (Å²) in [6.45, 7) is 0. The smallest absolute Gasteiger partial charge is 0.270 e. The molecule has 0 aliphatic carbocycles. The van der Waals surface area contributed by atoms with Crippen LogP contribution in [-0.2, 0) is 9.59 Å². The minimum absolute atomic E-state index is 0.103. The summed E-state index contributed by atoms with van der Waals surface area (Å²) >= 11 is 5.85. The first-order valence-corrected chi connectivity index (χ1v) is 8.67. The van der Waals surface area contributed by atoms with Crippen molar-refractivity contribution < 1.29 is 9.59 Å². The van der Waals surface area contributed by atoms with E-state index in [4.69, 9.17) is 11.6 Å². The number of nitrogens with one attached hydrogen (secondary N) is 3.